The van der Waals surface area contributed by atoms with E-state index in [1.54, 1.807) is 0 Å². The van der Waals surface area contributed by atoms with Crippen LogP contribution in [0.15, 0.2) is 18.2 Å². The highest BCUT2D eigenvalue weighted by atomic mass is 19.4. The van der Waals surface area contributed by atoms with E-state index in [1.165, 1.54) is 26.2 Å². The number of methoxy groups -OCH3 is 1. The van der Waals surface area contributed by atoms with Crippen LogP contribution in [0.25, 0.3) is 0 Å². The lowest BCUT2D eigenvalue weighted by molar-refractivity contribution is -0.0885. The van der Waals surface area contributed by atoms with Gasteiger partial charge in [-0.1, -0.05) is 0 Å². The highest BCUT2D eigenvalue weighted by molar-refractivity contribution is 6.01. The van der Waals surface area contributed by atoms with E-state index >= 15 is 0 Å². The van der Waals surface area contributed by atoms with Gasteiger partial charge in [0.2, 0.25) is 0 Å². The van der Waals surface area contributed by atoms with Crippen LogP contribution in [0.4, 0.5) is 13.2 Å². The number of carbonyl (C=O) groups excluding carboxylic acids is 1. The van der Waals surface area contributed by atoms with Crippen LogP contribution >= 0.6 is 0 Å². The molecule has 0 aliphatic rings. The zero-order chi connectivity index (χ0) is 13.8. The van der Waals surface area contributed by atoms with Crippen molar-refractivity contribution in [3.05, 3.63) is 29.3 Å². The second-order valence-corrected chi connectivity index (χ2v) is 3.64. The molecular formula is C12H13F3O3. The lowest BCUT2D eigenvalue weighted by Gasteiger charge is -2.10. The summed E-state index contributed by atoms with van der Waals surface area (Å²) in [5.74, 6) is -1.44. The first-order chi connectivity index (χ1) is 8.36. The van der Waals surface area contributed by atoms with Crippen molar-refractivity contribution in [3.63, 3.8) is 0 Å². The fraction of sp³-hybridized carbons (Fsp3) is 0.417. The van der Waals surface area contributed by atoms with E-state index in [0.717, 1.165) is 6.07 Å². The van der Waals surface area contributed by atoms with E-state index in [1.807, 2.05) is 0 Å². The first-order valence-corrected chi connectivity index (χ1v) is 5.20. The molecule has 0 aromatic heterocycles. The van der Waals surface area contributed by atoms with Crippen LogP contribution in [0.2, 0.25) is 0 Å². The Bertz CT molecular complexity index is 427. The van der Waals surface area contributed by atoms with Gasteiger partial charge in [0.25, 0.3) is 5.78 Å². The number of hydrogen-bond donors (Lipinski definition) is 0. The van der Waals surface area contributed by atoms with Gasteiger partial charge < -0.3 is 9.47 Å². The number of hydrogen-bond acceptors (Lipinski definition) is 3. The molecule has 100 valence electrons. The zero-order valence-electron chi connectivity index (χ0n) is 10.0. The number of alkyl halides is 3. The number of aryl methyl sites for hydroxylation is 1. The number of ketones is 1. The minimum Gasteiger partial charge on any atom is -0.491 e. The van der Waals surface area contributed by atoms with Crippen molar-refractivity contribution in [2.75, 3.05) is 20.3 Å². The number of halogens is 3. The number of benzene rings is 1. The second kappa shape index (κ2) is 5.86. The van der Waals surface area contributed by atoms with Crippen molar-refractivity contribution in [1.82, 2.24) is 0 Å². The minimum atomic E-state index is -4.86. The van der Waals surface area contributed by atoms with Gasteiger partial charge in [0.05, 0.1) is 6.61 Å². The molecule has 1 aromatic rings. The lowest BCUT2D eigenvalue weighted by Crippen LogP contribution is -2.23. The maximum absolute atomic E-state index is 12.3. The van der Waals surface area contributed by atoms with Gasteiger partial charge in [-0.25, -0.2) is 0 Å². The topological polar surface area (TPSA) is 35.5 Å². The number of Topliss-reactive ketones (excluding diaryl/α,β-unsaturated/α-hetero) is 1. The van der Waals surface area contributed by atoms with Gasteiger partial charge in [-0.15, -0.1) is 0 Å². The third kappa shape index (κ3) is 3.73. The van der Waals surface area contributed by atoms with Crippen LogP contribution in [0.1, 0.15) is 15.9 Å². The van der Waals surface area contributed by atoms with Crippen molar-refractivity contribution in [1.29, 1.82) is 0 Å². The molecule has 0 atom stereocenters. The average Bonchev–Trinajstić information content (AvgIpc) is 2.27. The Morgan fingerprint density at radius 3 is 2.44 bits per heavy atom. The Morgan fingerprint density at radius 2 is 1.94 bits per heavy atom. The monoisotopic (exact) mass is 262 g/mol. The van der Waals surface area contributed by atoms with E-state index in [0.29, 0.717) is 19.0 Å². The highest BCUT2D eigenvalue weighted by Crippen LogP contribution is 2.25. The summed E-state index contributed by atoms with van der Waals surface area (Å²) in [6.45, 7) is 2.10. The molecule has 0 bridgehead atoms. The molecule has 0 aliphatic carbocycles. The Morgan fingerprint density at radius 1 is 1.28 bits per heavy atom. The van der Waals surface area contributed by atoms with Gasteiger partial charge in [-0.05, 0) is 30.7 Å². The number of rotatable bonds is 5. The Labute approximate surface area is 103 Å². The third-order valence-electron chi connectivity index (χ3n) is 2.26. The molecule has 18 heavy (non-hydrogen) atoms. The molecule has 0 saturated heterocycles. The van der Waals surface area contributed by atoms with Crippen LogP contribution in [0, 0.1) is 6.92 Å². The molecule has 0 aliphatic heterocycles. The first-order valence-electron chi connectivity index (χ1n) is 5.20. The smallest absolute Gasteiger partial charge is 0.454 e. The van der Waals surface area contributed by atoms with Crippen LogP contribution in [-0.2, 0) is 4.74 Å². The summed E-state index contributed by atoms with van der Waals surface area (Å²) in [4.78, 5) is 11.1. The Hall–Kier alpha value is -1.56. The van der Waals surface area contributed by atoms with E-state index in [9.17, 15) is 18.0 Å². The zero-order valence-corrected chi connectivity index (χ0v) is 10.0. The average molecular weight is 262 g/mol. The molecule has 0 N–H and O–H groups in total. The summed E-state index contributed by atoms with van der Waals surface area (Å²) in [5.41, 5.74) is -0.131. The molecule has 0 fully saturated rings. The molecule has 0 spiro atoms. The predicted octanol–water partition coefficient (Wildman–Crippen LogP) is 2.77. The number of carbonyl (C=O) groups is 1. The molecule has 1 rings (SSSR count). The minimum absolute atomic E-state index is 0.229. The fourth-order valence-electron chi connectivity index (χ4n) is 1.38. The summed E-state index contributed by atoms with van der Waals surface area (Å²) < 4.78 is 46.8. The van der Waals surface area contributed by atoms with Gasteiger partial charge in [-0.3, -0.25) is 4.79 Å². The summed E-state index contributed by atoms with van der Waals surface area (Å²) in [6, 6.07) is 3.85. The molecule has 0 saturated carbocycles. The van der Waals surface area contributed by atoms with Crippen LogP contribution < -0.4 is 4.74 Å². The van der Waals surface area contributed by atoms with Crippen LogP contribution in [0.5, 0.6) is 5.75 Å². The van der Waals surface area contributed by atoms with E-state index in [4.69, 9.17) is 9.47 Å². The largest absolute Gasteiger partial charge is 0.491 e. The van der Waals surface area contributed by atoms with Gasteiger partial charge in [0, 0.05) is 12.7 Å². The fourth-order valence-corrected chi connectivity index (χ4v) is 1.38. The second-order valence-electron chi connectivity index (χ2n) is 3.64. The molecule has 0 heterocycles. The molecule has 0 amide bonds. The Kier molecular flexibility index (Phi) is 4.72. The standard InChI is InChI=1S/C12H13F3O3/c1-8-7-9(18-6-5-17-2)3-4-10(8)11(16)12(13,14)15/h3-4,7H,5-6H2,1-2H3. The molecule has 1 aromatic carbocycles. The van der Waals surface area contributed by atoms with Gasteiger partial charge in [0.15, 0.2) is 0 Å². The predicted molar refractivity (Wildman–Crippen MR) is 58.9 cm³/mol. The van der Waals surface area contributed by atoms with E-state index in [2.05, 4.69) is 0 Å². The molecule has 3 nitrogen and oxygen atoms in total. The normalized spacial score (nSPS) is 11.4. The van der Waals surface area contributed by atoms with Crippen molar-refractivity contribution >= 4 is 5.78 Å². The summed E-state index contributed by atoms with van der Waals surface area (Å²) >= 11 is 0. The highest BCUT2D eigenvalue weighted by Gasteiger charge is 2.39. The first kappa shape index (κ1) is 14.5. The van der Waals surface area contributed by atoms with Gasteiger partial charge in [-0.2, -0.15) is 13.2 Å². The van der Waals surface area contributed by atoms with Crippen molar-refractivity contribution < 1.29 is 27.4 Å². The lowest BCUT2D eigenvalue weighted by atomic mass is 10.0. The van der Waals surface area contributed by atoms with Crippen molar-refractivity contribution in [2.45, 2.75) is 13.1 Å². The maximum Gasteiger partial charge on any atom is 0.454 e. The van der Waals surface area contributed by atoms with Gasteiger partial charge >= 0.3 is 6.18 Å². The molecule has 6 heteroatoms. The molecular weight excluding hydrogens is 249 g/mol. The van der Waals surface area contributed by atoms with Crippen molar-refractivity contribution in [2.24, 2.45) is 0 Å². The molecule has 0 unspecified atom stereocenters. The summed E-state index contributed by atoms with van der Waals surface area (Å²) in [5, 5.41) is 0. The van der Waals surface area contributed by atoms with Crippen molar-refractivity contribution in [3.8, 4) is 5.75 Å². The van der Waals surface area contributed by atoms with E-state index in [-0.39, 0.29) is 11.1 Å². The van der Waals surface area contributed by atoms with Crippen LogP contribution in [0.3, 0.4) is 0 Å². The Balaban J connectivity index is 2.83. The SMILES string of the molecule is COCCOc1ccc(C(=O)C(F)(F)F)c(C)c1. The van der Waals surface area contributed by atoms with E-state index < -0.39 is 12.0 Å². The third-order valence-corrected chi connectivity index (χ3v) is 2.26. The number of ether oxygens (including phenoxy) is 2. The summed E-state index contributed by atoms with van der Waals surface area (Å²) in [6.07, 6.45) is -4.86. The van der Waals surface area contributed by atoms with Gasteiger partial charge in [0.1, 0.15) is 12.4 Å². The quantitative estimate of drug-likeness (QED) is 0.604. The summed E-state index contributed by atoms with van der Waals surface area (Å²) in [7, 11) is 1.51. The molecule has 0 radical (unpaired) electrons. The maximum atomic E-state index is 12.3. The van der Waals surface area contributed by atoms with Crippen LogP contribution in [-0.4, -0.2) is 32.3 Å².